The lowest BCUT2D eigenvalue weighted by atomic mass is 9.76. The molecule has 63 heavy (non-hydrogen) atoms. The fourth-order valence-corrected chi connectivity index (χ4v) is 10.0. The number of benzene rings is 2. The Kier molecular flexibility index (Phi) is 9.84. The number of nitrogens with zero attached hydrogens (tertiary/aromatic N) is 4. The molecule has 1 fully saturated rings. The molecule has 6 aliphatic rings. The fourth-order valence-electron chi connectivity index (χ4n) is 10.0. The Morgan fingerprint density at radius 1 is 0.714 bits per heavy atom. The Morgan fingerprint density at radius 2 is 1.33 bits per heavy atom. The van der Waals surface area contributed by atoms with Crippen molar-refractivity contribution in [3.05, 3.63) is 114 Å². The molecule has 326 valence electrons. The van der Waals surface area contributed by atoms with Crippen LogP contribution in [-0.4, -0.2) is 54.3 Å². The second-order valence-corrected chi connectivity index (χ2v) is 16.7. The van der Waals surface area contributed by atoms with Crippen molar-refractivity contribution in [1.82, 2.24) is 19.1 Å². The Bertz CT molecular complexity index is 3140. The molecule has 12 rings (SSSR count). The summed E-state index contributed by atoms with van der Waals surface area (Å²) in [7, 11) is 0. The van der Waals surface area contributed by atoms with Gasteiger partial charge in [0.15, 0.2) is 40.3 Å². The Labute approximate surface area is 359 Å². The third kappa shape index (κ3) is 5.89. The van der Waals surface area contributed by atoms with Crippen molar-refractivity contribution in [3.63, 3.8) is 0 Å². The molecule has 1 saturated carbocycles. The van der Waals surface area contributed by atoms with Gasteiger partial charge in [-0.2, -0.15) is 0 Å². The summed E-state index contributed by atoms with van der Waals surface area (Å²) >= 11 is 0. The van der Waals surface area contributed by atoms with Gasteiger partial charge in [-0.1, -0.05) is 35.1 Å². The molecule has 2 atom stereocenters. The van der Waals surface area contributed by atoms with Gasteiger partial charge in [0.05, 0.1) is 53.5 Å². The van der Waals surface area contributed by atoms with Gasteiger partial charge < -0.3 is 33.6 Å². The van der Waals surface area contributed by atoms with Crippen LogP contribution in [0.1, 0.15) is 106 Å². The van der Waals surface area contributed by atoms with Gasteiger partial charge in [-0.15, -0.1) is 0 Å². The number of aromatic nitrogens is 4. The number of aliphatic hydroxyl groups is 2. The zero-order valence-electron chi connectivity index (χ0n) is 33.2. The third-order valence-electron chi connectivity index (χ3n) is 13.7. The maximum absolute atomic E-state index is 13.7. The molecule has 6 aromatic rings. The van der Waals surface area contributed by atoms with E-state index in [2.05, 4.69) is 4.98 Å². The van der Waals surface area contributed by atoms with Crippen LogP contribution in [0.2, 0.25) is 0 Å². The Balaban J connectivity index is 0.000000156. The van der Waals surface area contributed by atoms with Crippen molar-refractivity contribution in [2.45, 2.75) is 104 Å². The smallest absolute Gasteiger partial charge is 0.257 e. The summed E-state index contributed by atoms with van der Waals surface area (Å²) in [5, 5.41) is 23.6. The van der Waals surface area contributed by atoms with Crippen molar-refractivity contribution in [2.75, 3.05) is 13.4 Å². The minimum atomic E-state index is -1.82. The number of carbonyl (C=O) groups is 2. The first-order valence-electron chi connectivity index (χ1n) is 20.5. The number of pyridine rings is 4. The average molecular weight is 861 g/mol. The minimum Gasteiger partial charge on any atom is -0.454 e. The van der Waals surface area contributed by atoms with E-state index in [1.54, 1.807) is 30.5 Å². The number of halogens is 2. The molecule has 0 spiro atoms. The summed E-state index contributed by atoms with van der Waals surface area (Å²) in [5.41, 5.74) is 3.75. The van der Waals surface area contributed by atoms with E-state index in [1.165, 1.54) is 16.6 Å². The molecule has 0 saturated heterocycles. The van der Waals surface area contributed by atoms with Gasteiger partial charge in [0.2, 0.25) is 6.79 Å². The van der Waals surface area contributed by atoms with Crippen LogP contribution in [-0.2, 0) is 51.6 Å². The second kappa shape index (κ2) is 14.7. The number of fused-ring (bicyclic) bond motifs is 11. The molecule has 0 unspecified atom stereocenters. The van der Waals surface area contributed by atoms with Crippen LogP contribution in [0.25, 0.3) is 44.6 Å². The maximum Gasteiger partial charge on any atom is 0.257 e. The lowest BCUT2D eigenvalue weighted by Crippen LogP contribution is -2.38. The predicted octanol–water partition coefficient (Wildman–Crippen LogP) is 6.82. The van der Waals surface area contributed by atoms with Crippen molar-refractivity contribution in [2.24, 2.45) is 0 Å². The number of ketones is 2. The maximum atomic E-state index is 13.7. The van der Waals surface area contributed by atoms with Crippen LogP contribution in [0.4, 0.5) is 8.78 Å². The topological polar surface area (TPSA) is 172 Å². The SMILES string of the molecule is C.C.CC[C@@]1(O)C(=O)COCc2c1cc1n(c2=O)Cc2cc3cc(F)c(F)cc3nc2-1.CC[C@@]1(O)C(=O)Cc2c1cc1n(c2=O)Cc2c-1nc1cc3c(cc1c2C1CCC1)OCO3. The van der Waals surface area contributed by atoms with E-state index in [1.807, 2.05) is 18.2 Å². The predicted molar refractivity (Wildman–Crippen MR) is 229 cm³/mol. The van der Waals surface area contributed by atoms with Crippen LogP contribution < -0.4 is 20.6 Å². The largest absolute Gasteiger partial charge is 0.454 e. The molecule has 13 nitrogen and oxygen atoms in total. The molecule has 4 aromatic heterocycles. The number of hydrogen-bond donors (Lipinski definition) is 2. The molecular formula is C48H46F2N4O9. The van der Waals surface area contributed by atoms with Crippen LogP contribution in [0, 0.1) is 11.6 Å². The molecule has 4 aliphatic heterocycles. The summed E-state index contributed by atoms with van der Waals surface area (Å²) in [6, 6.07) is 11.1. The monoisotopic (exact) mass is 860 g/mol. The summed E-state index contributed by atoms with van der Waals surface area (Å²) in [5.74, 6) is -0.942. The van der Waals surface area contributed by atoms with Crippen LogP contribution in [0.15, 0.2) is 52.1 Å². The molecule has 15 heteroatoms. The number of ether oxygens (including phenoxy) is 3. The Morgan fingerprint density at radius 3 is 2.03 bits per heavy atom. The molecule has 0 radical (unpaired) electrons. The second-order valence-electron chi connectivity index (χ2n) is 16.7. The highest BCUT2D eigenvalue weighted by Crippen LogP contribution is 2.49. The van der Waals surface area contributed by atoms with E-state index in [0.717, 1.165) is 52.9 Å². The minimum absolute atomic E-state index is 0. The number of carbonyl (C=O) groups excluding carboxylic acids is 2. The quantitative estimate of drug-likeness (QED) is 0.191. The van der Waals surface area contributed by atoms with Gasteiger partial charge in [-0.25, -0.2) is 18.7 Å². The zero-order valence-corrected chi connectivity index (χ0v) is 33.2. The highest BCUT2D eigenvalue weighted by atomic mass is 19.2. The first-order valence-corrected chi connectivity index (χ1v) is 20.5. The van der Waals surface area contributed by atoms with Crippen molar-refractivity contribution in [3.8, 4) is 34.3 Å². The molecule has 0 amide bonds. The first kappa shape index (κ1) is 42.2. The molecule has 0 bridgehead atoms. The molecule has 2 aliphatic carbocycles. The molecular weight excluding hydrogens is 815 g/mol. The standard InChI is InChI=1S/C25H22N2O5.C21H16F2N2O4.2CH4/c1-2-25(30)16-8-18-23-15(10-27(18)24(29)13(16)7-21(25)28)22(12-4-3-5-12)14-6-19-20(32-11-31-19)9-17(14)26-23;1-2-21(28)13-5-17-19-11(3-10-4-14(22)15(23)6-16(10)24-19)7-25(17)20(27)12(13)8-29-9-18(21)26;;/h6,8-9,12,30H,2-5,7,10-11H2,1H3;3-6,28H,2,7-9H2,1H3;2*1H4/t25-;21-;;/m00../s1. The number of rotatable bonds is 3. The lowest BCUT2D eigenvalue weighted by molar-refractivity contribution is -0.142. The third-order valence-corrected chi connectivity index (χ3v) is 13.7. The first-order chi connectivity index (χ1) is 29.3. The molecule has 2 aromatic carbocycles. The Hall–Kier alpha value is -6.16. The summed E-state index contributed by atoms with van der Waals surface area (Å²) in [6.07, 6.45) is 3.75. The van der Waals surface area contributed by atoms with E-state index >= 15 is 0 Å². The van der Waals surface area contributed by atoms with E-state index in [0.29, 0.717) is 57.4 Å². The highest BCUT2D eigenvalue weighted by Gasteiger charge is 2.47. The van der Waals surface area contributed by atoms with Gasteiger partial charge in [0.1, 0.15) is 12.2 Å². The summed E-state index contributed by atoms with van der Waals surface area (Å²) in [4.78, 5) is 61.0. The van der Waals surface area contributed by atoms with Gasteiger partial charge in [-0.05, 0) is 67.5 Å². The fraction of sp³-hybridized carbons (Fsp3) is 0.375. The van der Waals surface area contributed by atoms with Crippen LogP contribution in [0.3, 0.4) is 0 Å². The molecule has 8 heterocycles. The van der Waals surface area contributed by atoms with Gasteiger partial charge in [-0.3, -0.25) is 19.2 Å². The van der Waals surface area contributed by atoms with E-state index in [9.17, 15) is 38.2 Å². The summed E-state index contributed by atoms with van der Waals surface area (Å²) in [6.45, 7) is 3.93. The van der Waals surface area contributed by atoms with Gasteiger partial charge >= 0.3 is 0 Å². The van der Waals surface area contributed by atoms with E-state index in [-0.39, 0.29) is 94.2 Å². The number of Topliss-reactive ketones (excluding diaryl/α,β-unsaturated/α-hetero) is 2. The summed E-state index contributed by atoms with van der Waals surface area (Å²) < 4.78 is 47.0. The molecule has 2 N–H and O–H groups in total. The normalized spacial score (nSPS) is 20.9. The van der Waals surface area contributed by atoms with Crippen molar-refractivity contribution >= 4 is 33.4 Å². The van der Waals surface area contributed by atoms with Gasteiger partial charge in [0.25, 0.3) is 11.1 Å². The highest BCUT2D eigenvalue weighted by molar-refractivity contribution is 5.96. The lowest BCUT2D eigenvalue weighted by Gasteiger charge is -2.29. The van der Waals surface area contributed by atoms with Crippen molar-refractivity contribution < 1.29 is 42.8 Å². The van der Waals surface area contributed by atoms with Crippen LogP contribution in [0.5, 0.6) is 11.5 Å². The van der Waals surface area contributed by atoms with Gasteiger partial charge in [0, 0.05) is 62.7 Å². The van der Waals surface area contributed by atoms with Crippen molar-refractivity contribution in [1.29, 1.82) is 0 Å². The van der Waals surface area contributed by atoms with Crippen LogP contribution >= 0.6 is 0 Å². The number of hydrogen-bond acceptors (Lipinski definition) is 11. The average Bonchev–Trinajstić information content (AvgIpc) is 3.98. The van der Waals surface area contributed by atoms with E-state index < -0.39 is 28.6 Å². The van der Waals surface area contributed by atoms with E-state index in [4.69, 9.17) is 19.2 Å². The zero-order chi connectivity index (χ0) is 42.3.